The summed E-state index contributed by atoms with van der Waals surface area (Å²) in [4.78, 5) is 73.1. The predicted octanol–water partition coefficient (Wildman–Crippen LogP) is 24.6. The lowest BCUT2D eigenvalue weighted by molar-refractivity contribution is -0.161. The highest BCUT2D eigenvalue weighted by molar-refractivity contribution is 7.47. The minimum Gasteiger partial charge on any atom is -0.462 e. The number of ether oxygens (including phenoxy) is 4. The molecule has 0 aliphatic rings. The topological polar surface area (TPSA) is 237 Å². The molecule has 3 N–H and O–H groups in total. The van der Waals surface area contributed by atoms with Crippen LogP contribution in [0.25, 0.3) is 0 Å². The Balaban J connectivity index is 5.27. The van der Waals surface area contributed by atoms with Gasteiger partial charge >= 0.3 is 39.5 Å². The van der Waals surface area contributed by atoms with Gasteiger partial charge in [0.25, 0.3) is 0 Å². The molecular formula is C83H158O17P2. The van der Waals surface area contributed by atoms with E-state index in [9.17, 15) is 43.2 Å². The number of aliphatic hydroxyl groups excluding tert-OH is 1. The van der Waals surface area contributed by atoms with Crippen molar-refractivity contribution in [1.82, 2.24) is 0 Å². The summed E-state index contributed by atoms with van der Waals surface area (Å²) in [7, 11) is -9.94. The summed E-state index contributed by atoms with van der Waals surface area (Å²) in [5.74, 6) is -0.631. The number of allylic oxidation sites excluding steroid dienone is 4. The van der Waals surface area contributed by atoms with Crippen LogP contribution >= 0.6 is 15.6 Å². The van der Waals surface area contributed by atoms with Crippen molar-refractivity contribution in [3.63, 3.8) is 0 Å². The number of esters is 4. The molecule has 0 fully saturated rings. The fraction of sp³-hybridized carbons (Fsp3) is 0.904. The van der Waals surface area contributed by atoms with Crippen molar-refractivity contribution in [3.05, 3.63) is 24.3 Å². The summed E-state index contributed by atoms with van der Waals surface area (Å²) in [6, 6.07) is 0. The highest BCUT2D eigenvalue weighted by atomic mass is 31.2. The minimum atomic E-state index is -4.97. The molecule has 0 aliphatic heterocycles. The highest BCUT2D eigenvalue weighted by Crippen LogP contribution is 2.45. The molecular weight excluding hydrogens is 1330 g/mol. The van der Waals surface area contributed by atoms with Crippen molar-refractivity contribution in [2.75, 3.05) is 39.6 Å². The Hall–Kier alpha value is -2.46. The van der Waals surface area contributed by atoms with Crippen LogP contribution in [0.4, 0.5) is 0 Å². The first-order valence-corrected chi connectivity index (χ1v) is 45.3. The van der Waals surface area contributed by atoms with Crippen LogP contribution in [0.1, 0.15) is 414 Å². The van der Waals surface area contributed by atoms with Gasteiger partial charge in [-0.1, -0.05) is 361 Å². The van der Waals surface area contributed by atoms with Crippen LogP contribution in [-0.2, 0) is 65.4 Å². The van der Waals surface area contributed by atoms with Gasteiger partial charge < -0.3 is 33.8 Å². The van der Waals surface area contributed by atoms with Crippen molar-refractivity contribution in [2.45, 2.75) is 432 Å². The first kappa shape index (κ1) is 99.5. The van der Waals surface area contributed by atoms with Gasteiger partial charge in [-0.3, -0.25) is 37.3 Å². The molecule has 102 heavy (non-hydrogen) atoms. The zero-order chi connectivity index (χ0) is 74.9. The summed E-state index contributed by atoms with van der Waals surface area (Å²) in [6.45, 7) is 9.55. The lowest BCUT2D eigenvalue weighted by Crippen LogP contribution is -2.30. The summed E-state index contributed by atoms with van der Waals surface area (Å²) < 4.78 is 68.7. The average Bonchev–Trinajstić information content (AvgIpc) is 1.01. The molecule has 0 heterocycles. The van der Waals surface area contributed by atoms with Crippen LogP contribution in [0.15, 0.2) is 24.3 Å². The number of hydrogen-bond donors (Lipinski definition) is 3. The molecule has 602 valence electrons. The van der Waals surface area contributed by atoms with Crippen molar-refractivity contribution < 1.29 is 80.2 Å². The number of hydrogen-bond acceptors (Lipinski definition) is 15. The molecule has 0 aliphatic carbocycles. The monoisotopic (exact) mass is 1490 g/mol. The van der Waals surface area contributed by atoms with Gasteiger partial charge in [-0.25, -0.2) is 9.13 Å². The summed E-state index contributed by atoms with van der Waals surface area (Å²) >= 11 is 0. The lowest BCUT2D eigenvalue weighted by atomic mass is 10.0. The molecule has 0 saturated heterocycles. The summed E-state index contributed by atoms with van der Waals surface area (Å²) in [6.07, 6.45) is 67.5. The van der Waals surface area contributed by atoms with E-state index in [1.54, 1.807) is 0 Å². The third kappa shape index (κ3) is 75.8. The Morgan fingerprint density at radius 1 is 0.304 bits per heavy atom. The molecule has 17 nitrogen and oxygen atoms in total. The van der Waals surface area contributed by atoms with E-state index in [1.165, 1.54) is 212 Å². The van der Waals surface area contributed by atoms with Gasteiger partial charge in [-0.15, -0.1) is 0 Å². The third-order valence-electron chi connectivity index (χ3n) is 18.8. The van der Waals surface area contributed by atoms with E-state index < -0.39 is 97.5 Å². The maximum Gasteiger partial charge on any atom is 0.472 e. The molecule has 0 bridgehead atoms. The zero-order valence-electron chi connectivity index (χ0n) is 66.4. The average molecular weight is 1490 g/mol. The summed E-state index contributed by atoms with van der Waals surface area (Å²) in [5.41, 5.74) is 0. The van der Waals surface area contributed by atoms with Crippen LogP contribution in [0, 0.1) is 11.8 Å². The van der Waals surface area contributed by atoms with E-state index in [2.05, 4.69) is 65.8 Å². The van der Waals surface area contributed by atoms with Crippen LogP contribution < -0.4 is 0 Å². The van der Waals surface area contributed by atoms with Crippen LogP contribution in [-0.4, -0.2) is 96.7 Å². The van der Waals surface area contributed by atoms with Gasteiger partial charge in [-0.05, 0) is 63.2 Å². The number of carbonyl (C=O) groups is 4. The standard InChI is InChI=1S/C83H158O17P2/c1-7-9-11-13-15-17-19-21-23-24-25-26-30-35-39-43-49-56-62-68-82(87)99-78(71-93-80(85)65-59-53-47-41-37-33-31-27-29-32-36-40-45-51-57-63-75(3)4)73-97-101(89,90)95-69-77(84)70-96-102(91,92)98-74-79(72-94-81(86)66-60-54-50-44-46-52-58-64-76(5)6)100-83(88)67-61-55-48-42-38-34-28-22-20-18-16-14-12-10-8-2/h18,20,22,28,75-79,84H,7-17,19,21,23-27,29-74H2,1-6H3,(H,89,90)(H,91,92)/b20-18-,28-22-/t77-,78-,79-/m1/s1. The van der Waals surface area contributed by atoms with Gasteiger partial charge in [0.1, 0.15) is 19.3 Å². The van der Waals surface area contributed by atoms with E-state index in [4.69, 9.17) is 37.0 Å². The second-order valence-electron chi connectivity index (χ2n) is 30.1. The smallest absolute Gasteiger partial charge is 0.462 e. The molecule has 0 radical (unpaired) electrons. The quantitative estimate of drug-likeness (QED) is 0.0169. The minimum absolute atomic E-state index is 0.0845. The normalized spacial score (nSPS) is 14.0. The van der Waals surface area contributed by atoms with Crippen LogP contribution in [0.3, 0.4) is 0 Å². The Morgan fingerprint density at radius 3 is 0.804 bits per heavy atom. The first-order chi connectivity index (χ1) is 49.4. The number of aliphatic hydroxyl groups is 1. The third-order valence-corrected chi connectivity index (χ3v) is 20.7. The first-order valence-electron chi connectivity index (χ1n) is 42.3. The Labute approximate surface area is 624 Å². The fourth-order valence-corrected chi connectivity index (χ4v) is 13.9. The SMILES string of the molecule is CCCCCC/C=C\C=C/CCCCCCCC(=O)O[C@H](COC(=O)CCCCCCCCCC(C)C)COP(=O)(O)OC[C@H](O)COP(=O)(O)OC[C@@H](COC(=O)CCCCCCCCCCCCCCCCCC(C)C)OC(=O)CCCCCCCCCCCCCCCCCCCCC. The number of carbonyl (C=O) groups excluding carboxylic acids is 4. The van der Waals surface area contributed by atoms with E-state index in [0.717, 1.165) is 115 Å². The largest absolute Gasteiger partial charge is 0.472 e. The highest BCUT2D eigenvalue weighted by Gasteiger charge is 2.30. The zero-order valence-corrected chi connectivity index (χ0v) is 68.2. The Bertz CT molecular complexity index is 2050. The molecule has 5 atom stereocenters. The van der Waals surface area contributed by atoms with E-state index >= 15 is 0 Å². The molecule has 0 saturated carbocycles. The second-order valence-corrected chi connectivity index (χ2v) is 33.0. The molecule has 0 amide bonds. The van der Waals surface area contributed by atoms with Gasteiger partial charge in [-0.2, -0.15) is 0 Å². The molecule has 0 aromatic carbocycles. The van der Waals surface area contributed by atoms with Gasteiger partial charge in [0, 0.05) is 25.7 Å². The van der Waals surface area contributed by atoms with Crippen molar-refractivity contribution in [2.24, 2.45) is 11.8 Å². The Morgan fingerprint density at radius 2 is 0.529 bits per heavy atom. The van der Waals surface area contributed by atoms with E-state index in [-0.39, 0.29) is 25.7 Å². The van der Waals surface area contributed by atoms with Crippen LogP contribution in [0.2, 0.25) is 0 Å². The maximum absolute atomic E-state index is 13.1. The molecule has 0 aromatic rings. The lowest BCUT2D eigenvalue weighted by Gasteiger charge is -2.21. The van der Waals surface area contributed by atoms with Gasteiger partial charge in [0.15, 0.2) is 12.2 Å². The molecule has 0 spiro atoms. The maximum atomic E-state index is 13.1. The van der Waals surface area contributed by atoms with Gasteiger partial charge in [0.2, 0.25) is 0 Å². The van der Waals surface area contributed by atoms with Gasteiger partial charge in [0.05, 0.1) is 26.4 Å². The molecule has 0 aromatic heterocycles. The van der Waals surface area contributed by atoms with Crippen molar-refractivity contribution in [1.29, 1.82) is 0 Å². The summed E-state index contributed by atoms with van der Waals surface area (Å²) in [5, 5.41) is 10.6. The van der Waals surface area contributed by atoms with Crippen molar-refractivity contribution in [3.8, 4) is 0 Å². The van der Waals surface area contributed by atoms with Crippen LogP contribution in [0.5, 0.6) is 0 Å². The van der Waals surface area contributed by atoms with E-state index in [0.29, 0.717) is 31.6 Å². The molecule has 19 heteroatoms. The molecule has 0 rings (SSSR count). The number of unbranched alkanes of at least 4 members (excludes halogenated alkanes) is 47. The number of rotatable bonds is 80. The second kappa shape index (κ2) is 74.0. The number of phosphoric ester groups is 2. The Kier molecular flexibility index (Phi) is 72.2. The number of phosphoric acid groups is 2. The fourth-order valence-electron chi connectivity index (χ4n) is 12.3. The molecule has 2 unspecified atom stereocenters. The van der Waals surface area contributed by atoms with E-state index in [1.807, 2.05) is 0 Å². The predicted molar refractivity (Wildman–Crippen MR) is 418 cm³/mol. The van der Waals surface area contributed by atoms with Crippen molar-refractivity contribution >= 4 is 39.5 Å².